The van der Waals surface area contributed by atoms with Gasteiger partial charge in [0.05, 0.1) is 6.54 Å². The molecular formula is C22H22N4O5. The molecule has 3 heterocycles. The van der Waals surface area contributed by atoms with E-state index in [1.165, 1.54) is 4.90 Å². The fraction of sp³-hybridized carbons (Fsp3) is 0.364. The van der Waals surface area contributed by atoms with Crippen molar-refractivity contribution >= 4 is 23.5 Å². The topological polar surface area (TPSA) is 101 Å². The largest absolute Gasteiger partial charge is 0.454 e. The fourth-order valence-corrected chi connectivity index (χ4v) is 4.07. The first-order valence-corrected chi connectivity index (χ1v) is 10.2. The van der Waals surface area contributed by atoms with Crippen molar-refractivity contribution in [3.63, 3.8) is 0 Å². The first-order valence-electron chi connectivity index (χ1n) is 10.2. The molecule has 1 atom stereocenters. The number of anilines is 1. The molecule has 1 aromatic heterocycles. The number of carbonyl (C=O) groups is 3. The monoisotopic (exact) mass is 422 g/mol. The molecule has 2 aromatic rings. The van der Waals surface area contributed by atoms with Gasteiger partial charge in [-0.05, 0) is 49.4 Å². The number of hydrogen-bond acceptors (Lipinski definition) is 6. The highest BCUT2D eigenvalue weighted by atomic mass is 16.7. The Kier molecular flexibility index (Phi) is 4.53. The smallest absolute Gasteiger partial charge is 0.325 e. The van der Waals surface area contributed by atoms with Gasteiger partial charge in [0.2, 0.25) is 12.7 Å². The maximum absolute atomic E-state index is 13.4. The average molecular weight is 422 g/mol. The lowest BCUT2D eigenvalue weighted by atomic mass is 9.96. The van der Waals surface area contributed by atoms with E-state index in [1.54, 1.807) is 43.6 Å². The van der Waals surface area contributed by atoms with E-state index in [2.05, 4.69) is 10.3 Å². The summed E-state index contributed by atoms with van der Waals surface area (Å²) in [7, 11) is 0. The predicted molar refractivity (Wildman–Crippen MR) is 109 cm³/mol. The second-order valence-electron chi connectivity index (χ2n) is 8.18. The molecule has 1 saturated heterocycles. The normalized spacial score (nSPS) is 21.9. The number of imide groups is 1. The molecule has 2 aliphatic heterocycles. The van der Waals surface area contributed by atoms with E-state index < -0.39 is 11.6 Å². The zero-order chi connectivity index (χ0) is 21.6. The number of benzene rings is 1. The van der Waals surface area contributed by atoms with Gasteiger partial charge in [0.1, 0.15) is 12.1 Å². The van der Waals surface area contributed by atoms with Crippen molar-refractivity contribution in [2.24, 2.45) is 5.92 Å². The summed E-state index contributed by atoms with van der Waals surface area (Å²) < 4.78 is 10.8. The zero-order valence-corrected chi connectivity index (χ0v) is 17.0. The van der Waals surface area contributed by atoms with Crippen molar-refractivity contribution in [1.82, 2.24) is 15.2 Å². The van der Waals surface area contributed by atoms with Crippen molar-refractivity contribution in [3.8, 4) is 11.5 Å². The third-order valence-electron chi connectivity index (χ3n) is 6.02. The third kappa shape index (κ3) is 3.45. The van der Waals surface area contributed by atoms with Crippen LogP contribution >= 0.6 is 0 Å². The average Bonchev–Trinajstić information content (AvgIpc) is 3.49. The van der Waals surface area contributed by atoms with Crippen LogP contribution in [-0.4, -0.2) is 46.6 Å². The molecule has 1 N–H and O–H groups in total. The van der Waals surface area contributed by atoms with Crippen LogP contribution in [0.15, 0.2) is 42.7 Å². The number of nitrogens with one attached hydrogen (secondary N) is 1. The molecule has 9 heteroatoms. The summed E-state index contributed by atoms with van der Waals surface area (Å²) in [6, 6.07) is 8.33. The summed E-state index contributed by atoms with van der Waals surface area (Å²) in [5, 5.41) is 2.78. The molecule has 1 aliphatic carbocycles. The summed E-state index contributed by atoms with van der Waals surface area (Å²) in [6.45, 7) is 1.75. The molecule has 9 nitrogen and oxygen atoms in total. The van der Waals surface area contributed by atoms with Crippen LogP contribution in [0.2, 0.25) is 0 Å². The van der Waals surface area contributed by atoms with Gasteiger partial charge in [0, 0.05) is 24.1 Å². The SMILES string of the molecule is C[C@@]1(C2CC2)NC(=O)N(CC(=O)N(Cc2cccnc2)c2ccc3c(c2)OCO3)C1=O. The van der Waals surface area contributed by atoms with Crippen LogP contribution in [0, 0.1) is 5.92 Å². The number of hydrogen-bond donors (Lipinski definition) is 1. The van der Waals surface area contributed by atoms with Gasteiger partial charge >= 0.3 is 6.03 Å². The number of carbonyl (C=O) groups excluding carboxylic acids is 3. The molecule has 1 saturated carbocycles. The van der Waals surface area contributed by atoms with Crippen LogP contribution in [0.4, 0.5) is 10.5 Å². The van der Waals surface area contributed by atoms with Crippen LogP contribution in [-0.2, 0) is 16.1 Å². The number of aromatic nitrogens is 1. The van der Waals surface area contributed by atoms with Gasteiger partial charge < -0.3 is 19.7 Å². The Hall–Kier alpha value is -3.62. The van der Waals surface area contributed by atoms with E-state index >= 15 is 0 Å². The van der Waals surface area contributed by atoms with E-state index in [0.717, 1.165) is 23.3 Å². The Labute approximate surface area is 178 Å². The van der Waals surface area contributed by atoms with Gasteiger partial charge in [-0.1, -0.05) is 6.07 Å². The van der Waals surface area contributed by atoms with Crippen molar-refractivity contribution in [2.45, 2.75) is 31.8 Å². The highest BCUT2D eigenvalue weighted by molar-refractivity contribution is 6.10. The molecule has 0 radical (unpaired) electrons. The Morgan fingerprint density at radius 2 is 2.06 bits per heavy atom. The van der Waals surface area contributed by atoms with Gasteiger partial charge in [-0.15, -0.1) is 0 Å². The van der Waals surface area contributed by atoms with Gasteiger partial charge in [-0.25, -0.2) is 4.79 Å². The van der Waals surface area contributed by atoms with Crippen LogP contribution in [0.5, 0.6) is 11.5 Å². The molecule has 31 heavy (non-hydrogen) atoms. The van der Waals surface area contributed by atoms with Crippen LogP contribution in [0.3, 0.4) is 0 Å². The molecule has 2 fully saturated rings. The molecule has 0 unspecified atom stereocenters. The maximum atomic E-state index is 13.4. The van der Waals surface area contributed by atoms with Gasteiger partial charge in [-0.2, -0.15) is 0 Å². The van der Waals surface area contributed by atoms with E-state index in [0.29, 0.717) is 17.2 Å². The van der Waals surface area contributed by atoms with Crippen LogP contribution < -0.4 is 19.7 Å². The van der Waals surface area contributed by atoms with E-state index in [1.807, 2.05) is 6.07 Å². The highest BCUT2D eigenvalue weighted by Crippen LogP contribution is 2.42. The summed E-state index contributed by atoms with van der Waals surface area (Å²) in [5.74, 6) is 0.542. The second-order valence-corrected chi connectivity index (χ2v) is 8.18. The van der Waals surface area contributed by atoms with E-state index in [9.17, 15) is 14.4 Å². The minimum absolute atomic E-state index is 0.123. The maximum Gasteiger partial charge on any atom is 0.325 e. The summed E-state index contributed by atoms with van der Waals surface area (Å²) in [5.41, 5.74) is 0.466. The number of fused-ring (bicyclic) bond motifs is 1. The van der Waals surface area contributed by atoms with Gasteiger partial charge in [0.15, 0.2) is 11.5 Å². The number of urea groups is 1. The van der Waals surface area contributed by atoms with Crippen molar-refractivity contribution in [2.75, 3.05) is 18.2 Å². The zero-order valence-electron chi connectivity index (χ0n) is 17.0. The number of nitrogens with zero attached hydrogens (tertiary/aromatic N) is 3. The quantitative estimate of drug-likeness (QED) is 0.716. The van der Waals surface area contributed by atoms with Crippen molar-refractivity contribution in [3.05, 3.63) is 48.3 Å². The number of pyridine rings is 1. The number of rotatable bonds is 6. The fourth-order valence-electron chi connectivity index (χ4n) is 4.07. The molecule has 1 aromatic carbocycles. The number of ether oxygens (including phenoxy) is 2. The van der Waals surface area contributed by atoms with Gasteiger partial charge in [-0.3, -0.25) is 19.5 Å². The molecule has 0 bridgehead atoms. The lowest BCUT2D eigenvalue weighted by Crippen LogP contribution is -2.47. The Morgan fingerprint density at radius 1 is 1.26 bits per heavy atom. The van der Waals surface area contributed by atoms with E-state index in [-0.39, 0.29) is 37.6 Å². The summed E-state index contributed by atoms with van der Waals surface area (Å²) in [4.78, 5) is 45.5. The Balaban J connectivity index is 1.41. The molecule has 160 valence electrons. The summed E-state index contributed by atoms with van der Waals surface area (Å²) >= 11 is 0. The van der Waals surface area contributed by atoms with Gasteiger partial charge in [0.25, 0.3) is 5.91 Å². The van der Waals surface area contributed by atoms with Crippen LogP contribution in [0.1, 0.15) is 25.3 Å². The minimum Gasteiger partial charge on any atom is -0.454 e. The Bertz CT molecular complexity index is 1060. The predicted octanol–water partition coefficient (Wildman–Crippen LogP) is 2.06. The van der Waals surface area contributed by atoms with Crippen LogP contribution in [0.25, 0.3) is 0 Å². The molecule has 0 spiro atoms. The lowest BCUT2D eigenvalue weighted by molar-refractivity contribution is -0.134. The lowest BCUT2D eigenvalue weighted by Gasteiger charge is -2.25. The molecular weight excluding hydrogens is 400 g/mol. The summed E-state index contributed by atoms with van der Waals surface area (Å²) in [6.07, 6.45) is 5.12. The van der Waals surface area contributed by atoms with Crippen molar-refractivity contribution < 1.29 is 23.9 Å². The first-order chi connectivity index (χ1) is 15.0. The molecule has 3 aliphatic rings. The Morgan fingerprint density at radius 3 is 2.81 bits per heavy atom. The minimum atomic E-state index is -0.926. The third-order valence-corrected chi connectivity index (χ3v) is 6.02. The molecule has 4 amide bonds. The standard InChI is InChI=1S/C22H22N4O5/c1-22(15-4-5-15)20(28)26(21(29)24-22)12-19(27)25(11-14-3-2-8-23-10-14)16-6-7-17-18(9-16)31-13-30-17/h2-3,6-10,15H,4-5,11-13H2,1H3,(H,24,29)/t22-/m0/s1. The number of amides is 4. The van der Waals surface area contributed by atoms with E-state index in [4.69, 9.17) is 9.47 Å². The molecule has 5 rings (SSSR count). The van der Waals surface area contributed by atoms with Crippen molar-refractivity contribution in [1.29, 1.82) is 0 Å². The first kappa shape index (κ1) is 19.3. The highest BCUT2D eigenvalue weighted by Gasteiger charge is 2.56. The second kappa shape index (κ2) is 7.26.